The normalized spacial score (nSPS) is 15.1. The van der Waals surface area contributed by atoms with Crippen molar-refractivity contribution in [1.29, 1.82) is 0 Å². The molecule has 3 rings (SSSR count). The van der Waals surface area contributed by atoms with E-state index in [-0.39, 0.29) is 37.4 Å². The van der Waals surface area contributed by atoms with Crippen LogP contribution in [0.25, 0.3) is 6.08 Å². The van der Waals surface area contributed by atoms with Crippen molar-refractivity contribution < 1.29 is 26.9 Å². The molecule has 0 saturated heterocycles. The summed E-state index contributed by atoms with van der Waals surface area (Å²) in [6, 6.07) is 10.5. The lowest BCUT2D eigenvalue weighted by Gasteiger charge is -2.13. The highest BCUT2D eigenvalue weighted by Gasteiger charge is 2.24. The molecule has 156 valence electrons. The predicted octanol–water partition coefficient (Wildman–Crippen LogP) is 3.22. The molecule has 1 aliphatic rings. The second-order valence-electron chi connectivity index (χ2n) is 5.90. The Balaban J connectivity index is 1.90. The second kappa shape index (κ2) is 8.90. The van der Waals surface area contributed by atoms with Gasteiger partial charge in [-0.25, -0.2) is 0 Å². The van der Waals surface area contributed by atoms with Gasteiger partial charge in [0.05, 0.1) is 17.0 Å². The summed E-state index contributed by atoms with van der Waals surface area (Å²) in [5, 5.41) is 2.59. The monoisotopic (exact) mass is 466 g/mol. The van der Waals surface area contributed by atoms with E-state index >= 15 is 0 Å². The highest BCUT2D eigenvalue weighted by atomic mass is 35.5. The summed E-state index contributed by atoms with van der Waals surface area (Å²) in [4.78, 5) is 27.1. The molecule has 2 aromatic rings. The van der Waals surface area contributed by atoms with Crippen LogP contribution in [-0.2, 0) is 19.7 Å². The van der Waals surface area contributed by atoms with Gasteiger partial charge in [0.25, 0.3) is 5.91 Å². The smallest absolute Gasteiger partial charge is 0.339 e. The molecular formula is C19H15ClN2O6S2. The first-order valence-corrected chi connectivity index (χ1v) is 11.0. The number of nitrogens with zero attached hydrogens (tertiary/aromatic N) is 1. The maximum Gasteiger partial charge on any atom is 0.339 e. The fourth-order valence-corrected chi connectivity index (χ4v) is 4.55. The van der Waals surface area contributed by atoms with E-state index in [0.717, 1.165) is 11.8 Å². The van der Waals surface area contributed by atoms with Gasteiger partial charge in [0.1, 0.15) is 4.90 Å². The Morgan fingerprint density at radius 2 is 1.93 bits per heavy atom. The van der Waals surface area contributed by atoms with E-state index in [1.807, 2.05) is 0 Å². The van der Waals surface area contributed by atoms with Crippen LogP contribution in [0.2, 0.25) is 5.02 Å². The first kappa shape index (κ1) is 21.9. The SMILES string of the molecule is COc1cc(/C=C2/SC(NC(C)=O)=NC2=O)cc(Cl)c1OS(=O)(=O)c1ccccc1. The highest BCUT2D eigenvalue weighted by Crippen LogP contribution is 2.39. The molecule has 0 radical (unpaired) electrons. The van der Waals surface area contributed by atoms with Crippen molar-refractivity contribution in [3.8, 4) is 11.5 Å². The van der Waals surface area contributed by atoms with Gasteiger partial charge in [0.2, 0.25) is 11.7 Å². The molecule has 1 N–H and O–H groups in total. The Labute approximate surface area is 182 Å². The molecule has 8 nitrogen and oxygen atoms in total. The van der Waals surface area contributed by atoms with Crippen LogP contribution >= 0.6 is 23.4 Å². The third kappa shape index (κ3) is 5.02. The fraction of sp³-hybridized carbons (Fsp3) is 0.105. The quantitative estimate of drug-likeness (QED) is 0.532. The lowest BCUT2D eigenvalue weighted by molar-refractivity contribution is -0.117. The number of aliphatic imine (C=N–C) groups is 1. The van der Waals surface area contributed by atoms with Gasteiger partial charge in [-0.15, -0.1) is 0 Å². The first-order chi connectivity index (χ1) is 14.2. The maximum absolute atomic E-state index is 12.5. The molecule has 30 heavy (non-hydrogen) atoms. The molecule has 1 heterocycles. The molecule has 0 fully saturated rings. The van der Waals surface area contributed by atoms with Crippen LogP contribution in [0.3, 0.4) is 0 Å². The van der Waals surface area contributed by atoms with Gasteiger partial charge in [0.15, 0.2) is 10.9 Å². The second-order valence-corrected chi connectivity index (χ2v) is 8.88. The number of hydrogen-bond acceptors (Lipinski definition) is 7. The van der Waals surface area contributed by atoms with Gasteiger partial charge in [0, 0.05) is 6.92 Å². The zero-order valence-corrected chi connectivity index (χ0v) is 18.1. The molecule has 0 aliphatic carbocycles. The average molecular weight is 467 g/mol. The molecule has 0 bridgehead atoms. The molecular weight excluding hydrogens is 452 g/mol. The van der Waals surface area contributed by atoms with Gasteiger partial charge in [-0.05, 0) is 47.7 Å². The number of amidine groups is 1. The van der Waals surface area contributed by atoms with E-state index in [1.165, 1.54) is 44.4 Å². The van der Waals surface area contributed by atoms with Crippen LogP contribution < -0.4 is 14.2 Å². The van der Waals surface area contributed by atoms with Gasteiger partial charge < -0.3 is 14.2 Å². The maximum atomic E-state index is 12.5. The van der Waals surface area contributed by atoms with E-state index in [2.05, 4.69) is 10.3 Å². The van der Waals surface area contributed by atoms with Crippen LogP contribution in [0.1, 0.15) is 12.5 Å². The van der Waals surface area contributed by atoms with E-state index in [4.69, 9.17) is 20.5 Å². The molecule has 0 unspecified atom stereocenters. The number of benzene rings is 2. The number of hydrogen-bond donors (Lipinski definition) is 1. The van der Waals surface area contributed by atoms with E-state index in [0.29, 0.717) is 5.56 Å². The van der Waals surface area contributed by atoms with Gasteiger partial charge in [-0.3, -0.25) is 9.59 Å². The van der Waals surface area contributed by atoms with Crippen molar-refractivity contribution in [3.05, 3.63) is 58.0 Å². The zero-order valence-electron chi connectivity index (χ0n) is 15.7. The Bertz CT molecular complexity index is 1180. The van der Waals surface area contributed by atoms with Crippen molar-refractivity contribution in [2.45, 2.75) is 11.8 Å². The summed E-state index contributed by atoms with van der Waals surface area (Å²) >= 11 is 7.24. The van der Waals surface area contributed by atoms with Crippen LogP contribution in [0.4, 0.5) is 0 Å². The third-order valence-electron chi connectivity index (χ3n) is 3.68. The summed E-state index contributed by atoms with van der Waals surface area (Å²) in [7, 11) is -2.80. The number of methoxy groups -OCH3 is 1. The first-order valence-electron chi connectivity index (χ1n) is 8.37. The molecule has 0 saturated carbocycles. The molecule has 0 spiro atoms. The number of carbonyl (C=O) groups excluding carboxylic acids is 2. The molecule has 11 heteroatoms. The van der Waals surface area contributed by atoms with Crippen LogP contribution in [-0.4, -0.2) is 32.5 Å². The third-order valence-corrected chi connectivity index (χ3v) is 6.09. The largest absolute Gasteiger partial charge is 0.493 e. The minimum Gasteiger partial charge on any atom is -0.493 e. The Morgan fingerprint density at radius 3 is 2.57 bits per heavy atom. The topological polar surface area (TPSA) is 111 Å². The average Bonchev–Trinajstić information content (AvgIpc) is 3.02. The van der Waals surface area contributed by atoms with Gasteiger partial charge >= 0.3 is 10.1 Å². The number of carbonyl (C=O) groups is 2. The number of nitrogens with one attached hydrogen (secondary N) is 1. The summed E-state index contributed by atoms with van der Waals surface area (Å²) in [5.41, 5.74) is 0.455. The van der Waals surface area contributed by atoms with Crippen LogP contribution in [0.5, 0.6) is 11.5 Å². The number of halogens is 1. The zero-order chi connectivity index (χ0) is 21.9. The van der Waals surface area contributed by atoms with E-state index in [1.54, 1.807) is 18.2 Å². The summed E-state index contributed by atoms with van der Waals surface area (Å²) < 4.78 is 35.4. The summed E-state index contributed by atoms with van der Waals surface area (Å²) in [5.74, 6) is -0.981. The van der Waals surface area contributed by atoms with Crippen molar-refractivity contribution in [1.82, 2.24) is 5.32 Å². The molecule has 0 aromatic heterocycles. The van der Waals surface area contributed by atoms with Crippen molar-refractivity contribution in [3.63, 3.8) is 0 Å². The lowest BCUT2D eigenvalue weighted by Crippen LogP contribution is -2.23. The summed E-state index contributed by atoms with van der Waals surface area (Å²) in [6.45, 7) is 1.31. The van der Waals surface area contributed by atoms with E-state index < -0.39 is 16.0 Å². The standard InChI is InChI=1S/C19H15ClN2O6S2/c1-11(23)21-19-22-18(24)16(29-19)10-12-8-14(20)17(15(9-12)27-2)28-30(25,26)13-6-4-3-5-7-13/h3-10H,1-2H3,(H,21,22,23,24)/b16-10+. The number of thioether (sulfide) groups is 1. The van der Waals surface area contributed by atoms with Gasteiger partial charge in [-0.1, -0.05) is 29.8 Å². The van der Waals surface area contributed by atoms with Crippen LogP contribution in [0.15, 0.2) is 57.3 Å². The van der Waals surface area contributed by atoms with E-state index in [9.17, 15) is 18.0 Å². The van der Waals surface area contributed by atoms with Crippen molar-refractivity contribution in [2.75, 3.05) is 7.11 Å². The van der Waals surface area contributed by atoms with Gasteiger partial charge in [-0.2, -0.15) is 13.4 Å². The fourth-order valence-electron chi connectivity index (χ4n) is 2.41. The minimum atomic E-state index is -4.13. The molecule has 1 aliphatic heterocycles. The number of rotatable bonds is 5. The molecule has 0 atom stereocenters. The predicted molar refractivity (Wildman–Crippen MR) is 114 cm³/mol. The highest BCUT2D eigenvalue weighted by molar-refractivity contribution is 8.18. The minimum absolute atomic E-state index is 0.0286. The van der Waals surface area contributed by atoms with Crippen LogP contribution in [0, 0.1) is 0 Å². The lowest BCUT2D eigenvalue weighted by atomic mass is 10.2. The summed E-state index contributed by atoms with van der Waals surface area (Å²) in [6.07, 6.45) is 1.50. The van der Waals surface area contributed by atoms with Crippen molar-refractivity contribution >= 4 is 56.5 Å². The number of amides is 2. The Morgan fingerprint density at radius 1 is 1.23 bits per heavy atom. The number of ether oxygens (including phenoxy) is 1. The Kier molecular flexibility index (Phi) is 6.49. The van der Waals surface area contributed by atoms with Crippen molar-refractivity contribution in [2.24, 2.45) is 4.99 Å². The Hall–Kier alpha value is -2.82. The molecule has 2 aromatic carbocycles. The molecule has 2 amide bonds.